The van der Waals surface area contributed by atoms with Gasteiger partial charge >= 0.3 is 0 Å². The molecule has 134 valence electrons. The van der Waals surface area contributed by atoms with Gasteiger partial charge in [-0.05, 0) is 42.3 Å². The maximum atomic E-state index is 11.4. The Labute approximate surface area is 153 Å². The number of hydrogen-bond acceptors (Lipinski definition) is 3. The molecule has 0 aromatic heterocycles. The van der Waals surface area contributed by atoms with Crippen LogP contribution in [0.1, 0.15) is 18.1 Å². The lowest BCUT2D eigenvalue weighted by Gasteiger charge is -2.11. The van der Waals surface area contributed by atoms with E-state index in [9.17, 15) is 8.42 Å². The number of aliphatic imine (C=N–C) groups is 1. The number of nitrogens with one attached hydrogen (secondary N) is 2. The maximum Gasteiger partial charge on any atom is 0.238 e. The SMILES string of the molecule is CCNC(=NCc1cccc(S(N)(=O)=O)c1)NCc1cccc(Cl)c1. The van der Waals surface area contributed by atoms with Crippen LogP contribution in [-0.4, -0.2) is 20.9 Å². The van der Waals surface area contributed by atoms with Gasteiger partial charge in [0, 0.05) is 18.1 Å². The van der Waals surface area contributed by atoms with Crippen molar-refractivity contribution in [3.05, 3.63) is 64.7 Å². The standard InChI is InChI=1S/C17H21ClN4O2S/c1-2-20-17(21-11-13-5-3-7-15(18)9-13)22-12-14-6-4-8-16(10-14)25(19,23)24/h3-10H,2,11-12H2,1H3,(H2,19,23,24)(H2,20,21,22). The second kappa shape index (κ2) is 8.84. The van der Waals surface area contributed by atoms with Gasteiger partial charge in [-0.15, -0.1) is 0 Å². The van der Waals surface area contributed by atoms with Crippen LogP contribution in [0.5, 0.6) is 0 Å². The largest absolute Gasteiger partial charge is 0.357 e. The maximum absolute atomic E-state index is 11.4. The molecule has 0 aliphatic rings. The fraction of sp³-hybridized carbons (Fsp3) is 0.235. The minimum absolute atomic E-state index is 0.0806. The summed E-state index contributed by atoms with van der Waals surface area (Å²) < 4.78 is 22.8. The molecule has 0 heterocycles. The van der Waals surface area contributed by atoms with Crippen LogP contribution in [-0.2, 0) is 23.1 Å². The predicted molar refractivity (Wildman–Crippen MR) is 101 cm³/mol. The van der Waals surface area contributed by atoms with Crippen LogP contribution >= 0.6 is 11.6 Å². The van der Waals surface area contributed by atoms with Crippen molar-refractivity contribution < 1.29 is 8.42 Å². The van der Waals surface area contributed by atoms with E-state index in [4.69, 9.17) is 16.7 Å². The van der Waals surface area contributed by atoms with Crippen molar-refractivity contribution in [2.24, 2.45) is 10.1 Å². The number of guanidine groups is 1. The average molecular weight is 381 g/mol. The molecule has 0 radical (unpaired) electrons. The molecule has 6 nitrogen and oxygen atoms in total. The third-order valence-electron chi connectivity index (χ3n) is 3.34. The van der Waals surface area contributed by atoms with E-state index in [2.05, 4.69) is 15.6 Å². The smallest absolute Gasteiger partial charge is 0.238 e. The van der Waals surface area contributed by atoms with Gasteiger partial charge in [-0.3, -0.25) is 0 Å². The third-order valence-corrected chi connectivity index (χ3v) is 4.49. The molecule has 4 N–H and O–H groups in total. The molecule has 8 heteroatoms. The summed E-state index contributed by atoms with van der Waals surface area (Å²) in [7, 11) is -3.72. The first-order valence-electron chi connectivity index (χ1n) is 7.77. The Hall–Kier alpha value is -2.09. The highest BCUT2D eigenvalue weighted by molar-refractivity contribution is 7.89. The summed E-state index contributed by atoms with van der Waals surface area (Å²) >= 11 is 5.98. The van der Waals surface area contributed by atoms with E-state index >= 15 is 0 Å². The molecule has 0 amide bonds. The van der Waals surface area contributed by atoms with Gasteiger partial charge in [0.05, 0.1) is 11.4 Å². The molecular weight excluding hydrogens is 360 g/mol. The van der Waals surface area contributed by atoms with Crippen molar-refractivity contribution in [3.8, 4) is 0 Å². The summed E-state index contributed by atoms with van der Waals surface area (Å²) in [5.41, 5.74) is 1.79. The van der Waals surface area contributed by atoms with Crippen LogP contribution in [0.3, 0.4) is 0 Å². The normalized spacial score (nSPS) is 12.0. The van der Waals surface area contributed by atoms with Crippen molar-refractivity contribution in [3.63, 3.8) is 0 Å². The molecule has 2 rings (SSSR count). The Morgan fingerprint density at radius 1 is 1.12 bits per heavy atom. The number of sulfonamides is 1. The molecule has 0 bridgehead atoms. The fourth-order valence-corrected chi connectivity index (χ4v) is 2.96. The number of hydrogen-bond donors (Lipinski definition) is 3. The summed E-state index contributed by atoms with van der Waals surface area (Å²) in [6.07, 6.45) is 0. The second-order valence-electron chi connectivity index (χ2n) is 5.37. The molecule has 0 aliphatic carbocycles. The van der Waals surface area contributed by atoms with Gasteiger partial charge in [-0.2, -0.15) is 0 Å². The Bertz CT molecular complexity index is 853. The zero-order valence-corrected chi connectivity index (χ0v) is 15.4. The first-order chi connectivity index (χ1) is 11.9. The minimum Gasteiger partial charge on any atom is -0.357 e. The number of halogens is 1. The summed E-state index contributed by atoms with van der Waals surface area (Å²) in [5.74, 6) is 0.628. The van der Waals surface area contributed by atoms with Crippen LogP contribution in [0.15, 0.2) is 58.4 Å². The van der Waals surface area contributed by atoms with Crippen LogP contribution < -0.4 is 15.8 Å². The summed E-state index contributed by atoms with van der Waals surface area (Å²) in [4.78, 5) is 4.55. The molecule has 25 heavy (non-hydrogen) atoms. The van der Waals surface area contributed by atoms with Gasteiger partial charge < -0.3 is 10.6 Å². The molecule has 0 fully saturated rings. The highest BCUT2D eigenvalue weighted by Gasteiger charge is 2.07. The molecule has 0 aliphatic heterocycles. The first-order valence-corrected chi connectivity index (χ1v) is 9.69. The van der Waals surface area contributed by atoms with Crippen LogP contribution in [0, 0.1) is 0 Å². The van der Waals surface area contributed by atoms with Gasteiger partial charge in [0.25, 0.3) is 0 Å². The van der Waals surface area contributed by atoms with Gasteiger partial charge in [-0.1, -0.05) is 35.9 Å². The van der Waals surface area contributed by atoms with Crippen molar-refractivity contribution in [2.75, 3.05) is 6.54 Å². The predicted octanol–water partition coefficient (Wildman–Crippen LogP) is 2.24. The minimum atomic E-state index is -3.72. The van der Waals surface area contributed by atoms with Crippen molar-refractivity contribution in [2.45, 2.75) is 24.9 Å². The topological polar surface area (TPSA) is 96.6 Å². The number of primary sulfonamides is 1. The van der Waals surface area contributed by atoms with E-state index in [1.807, 2.05) is 31.2 Å². The monoisotopic (exact) mass is 380 g/mol. The van der Waals surface area contributed by atoms with Crippen LogP contribution in [0.25, 0.3) is 0 Å². The van der Waals surface area contributed by atoms with Crippen molar-refractivity contribution in [1.82, 2.24) is 10.6 Å². The summed E-state index contributed by atoms with van der Waals surface area (Å²) in [6.45, 7) is 3.58. The van der Waals surface area contributed by atoms with E-state index < -0.39 is 10.0 Å². The first kappa shape index (κ1) is 19.2. The zero-order valence-electron chi connectivity index (χ0n) is 13.9. The van der Waals surface area contributed by atoms with E-state index in [-0.39, 0.29) is 4.90 Å². The van der Waals surface area contributed by atoms with Crippen molar-refractivity contribution >= 4 is 27.6 Å². The number of rotatable bonds is 6. The zero-order chi connectivity index (χ0) is 18.3. The van der Waals surface area contributed by atoms with Crippen LogP contribution in [0.4, 0.5) is 0 Å². The highest BCUT2D eigenvalue weighted by atomic mass is 35.5. The van der Waals surface area contributed by atoms with Gasteiger partial charge in [-0.25, -0.2) is 18.5 Å². The van der Waals surface area contributed by atoms with Gasteiger partial charge in [0.15, 0.2) is 5.96 Å². The van der Waals surface area contributed by atoms with Gasteiger partial charge in [0.1, 0.15) is 0 Å². The third kappa shape index (κ3) is 6.38. The molecule has 2 aromatic carbocycles. The second-order valence-corrected chi connectivity index (χ2v) is 7.37. The molecule has 0 spiro atoms. The lowest BCUT2D eigenvalue weighted by molar-refractivity contribution is 0.597. The number of benzene rings is 2. The molecule has 0 atom stereocenters. The van der Waals surface area contributed by atoms with E-state index in [1.165, 1.54) is 12.1 Å². The Kier molecular flexibility index (Phi) is 6.81. The molecule has 2 aromatic rings. The lowest BCUT2D eigenvalue weighted by Crippen LogP contribution is -2.36. The molecular formula is C17H21ClN4O2S. The van der Waals surface area contributed by atoms with E-state index in [0.717, 1.165) is 11.1 Å². The van der Waals surface area contributed by atoms with Crippen molar-refractivity contribution in [1.29, 1.82) is 0 Å². The number of nitrogens with two attached hydrogens (primary N) is 1. The number of nitrogens with zero attached hydrogens (tertiary/aromatic N) is 1. The Morgan fingerprint density at radius 2 is 1.84 bits per heavy atom. The molecule has 0 unspecified atom stereocenters. The van der Waals surface area contributed by atoms with E-state index in [1.54, 1.807) is 12.1 Å². The average Bonchev–Trinajstić information content (AvgIpc) is 2.57. The quantitative estimate of drug-likeness (QED) is 0.529. The van der Waals surface area contributed by atoms with Crippen LogP contribution in [0.2, 0.25) is 5.02 Å². The van der Waals surface area contributed by atoms with E-state index in [0.29, 0.717) is 30.6 Å². The lowest BCUT2D eigenvalue weighted by atomic mass is 10.2. The summed E-state index contributed by atoms with van der Waals surface area (Å²) in [5, 5.41) is 12.2. The highest BCUT2D eigenvalue weighted by Crippen LogP contribution is 2.11. The van der Waals surface area contributed by atoms with Gasteiger partial charge in [0.2, 0.25) is 10.0 Å². The summed E-state index contributed by atoms with van der Waals surface area (Å²) in [6, 6.07) is 14.0. The fourth-order valence-electron chi connectivity index (χ4n) is 2.17. The molecule has 0 saturated carbocycles. The Morgan fingerprint density at radius 3 is 2.52 bits per heavy atom. The Balaban J connectivity index is 2.06. The molecule has 0 saturated heterocycles.